The van der Waals surface area contributed by atoms with Crippen LogP contribution in [0, 0.1) is 0 Å². The van der Waals surface area contributed by atoms with Gasteiger partial charge in [-0.2, -0.15) is 0 Å². The van der Waals surface area contributed by atoms with E-state index in [-0.39, 0.29) is 0 Å². The predicted octanol–water partition coefficient (Wildman–Crippen LogP) is 2.82. The highest BCUT2D eigenvalue weighted by atomic mass is 15.2. The van der Waals surface area contributed by atoms with Gasteiger partial charge in [0, 0.05) is 18.3 Å². The van der Waals surface area contributed by atoms with E-state index in [1.54, 1.807) is 0 Å². The van der Waals surface area contributed by atoms with E-state index in [9.17, 15) is 0 Å². The summed E-state index contributed by atoms with van der Waals surface area (Å²) in [5.74, 6) is 1.02. The van der Waals surface area contributed by atoms with E-state index in [4.69, 9.17) is 5.73 Å². The first kappa shape index (κ1) is 11.9. The molecule has 0 saturated carbocycles. The summed E-state index contributed by atoms with van der Waals surface area (Å²) in [6, 6.07) is 3.76. The molecule has 92 valence electrons. The van der Waals surface area contributed by atoms with E-state index in [0.717, 1.165) is 23.6 Å². The number of aryl methyl sites for hydroxylation is 1. The molecule has 0 aliphatic heterocycles. The van der Waals surface area contributed by atoms with Gasteiger partial charge >= 0.3 is 0 Å². The summed E-state index contributed by atoms with van der Waals surface area (Å²) in [7, 11) is 0. The average Bonchev–Trinajstić information content (AvgIpc) is 2.72. The third-order valence-corrected chi connectivity index (χ3v) is 3.00. The smallest absolute Gasteiger partial charge is 0.160 e. The molecule has 0 atom stereocenters. The van der Waals surface area contributed by atoms with Crippen LogP contribution < -0.4 is 5.73 Å². The number of rotatable bonds is 6. The van der Waals surface area contributed by atoms with E-state index < -0.39 is 0 Å². The van der Waals surface area contributed by atoms with Crippen molar-refractivity contribution in [3.63, 3.8) is 0 Å². The highest BCUT2D eigenvalue weighted by Crippen LogP contribution is 2.11. The predicted molar refractivity (Wildman–Crippen MR) is 69.9 cm³/mol. The molecule has 0 saturated heterocycles. The summed E-state index contributed by atoms with van der Waals surface area (Å²) in [5, 5.41) is 8.34. The number of hydrogen-bond acceptors (Lipinski definition) is 3. The summed E-state index contributed by atoms with van der Waals surface area (Å²) in [6.45, 7) is 2.23. The maximum Gasteiger partial charge on any atom is 0.160 e. The summed E-state index contributed by atoms with van der Waals surface area (Å²) < 4.78 is 2.00. The van der Waals surface area contributed by atoms with Gasteiger partial charge in [-0.15, -0.1) is 10.2 Å². The molecule has 2 rings (SSSR count). The summed E-state index contributed by atoms with van der Waals surface area (Å²) in [6.07, 6.45) is 9.25. The van der Waals surface area contributed by atoms with Gasteiger partial charge in [0.25, 0.3) is 0 Å². The number of pyridine rings is 1. The lowest BCUT2D eigenvalue weighted by atomic mass is 10.1. The molecular formula is C13H20N4. The van der Waals surface area contributed by atoms with Crippen molar-refractivity contribution in [2.24, 2.45) is 0 Å². The molecule has 0 aliphatic carbocycles. The Hall–Kier alpha value is -1.58. The molecule has 0 unspecified atom stereocenters. The van der Waals surface area contributed by atoms with E-state index in [1.807, 2.05) is 22.7 Å². The molecule has 0 aliphatic rings. The Bertz CT molecular complexity index is 475. The number of anilines is 1. The fourth-order valence-electron chi connectivity index (χ4n) is 2.01. The Labute approximate surface area is 102 Å². The fraction of sp³-hybridized carbons (Fsp3) is 0.538. The molecule has 0 bridgehead atoms. The average molecular weight is 232 g/mol. The summed E-state index contributed by atoms with van der Waals surface area (Å²) in [4.78, 5) is 0. The van der Waals surface area contributed by atoms with Crippen molar-refractivity contribution < 1.29 is 0 Å². The lowest BCUT2D eigenvalue weighted by Crippen LogP contribution is -1.97. The lowest BCUT2D eigenvalue weighted by Gasteiger charge is -2.01. The first-order chi connectivity index (χ1) is 8.31. The van der Waals surface area contributed by atoms with Gasteiger partial charge in [0.1, 0.15) is 5.82 Å². The first-order valence-corrected chi connectivity index (χ1v) is 6.40. The number of fused-ring (bicyclic) bond motifs is 1. The standard InChI is InChI=1S/C13H20N4/c1-2-3-4-5-6-7-12-15-16-13-9-8-11(14)10-17(12)13/h8-10H,2-7,14H2,1H3. The second kappa shape index (κ2) is 5.66. The lowest BCUT2D eigenvalue weighted by molar-refractivity contribution is 0.620. The van der Waals surface area contributed by atoms with Crippen molar-refractivity contribution in [2.45, 2.75) is 45.4 Å². The minimum absolute atomic E-state index is 0.754. The van der Waals surface area contributed by atoms with Gasteiger partial charge in [-0.25, -0.2) is 0 Å². The number of nitrogen functional groups attached to an aromatic ring is 1. The van der Waals surface area contributed by atoms with E-state index >= 15 is 0 Å². The van der Waals surface area contributed by atoms with Crippen LogP contribution in [0.15, 0.2) is 18.3 Å². The highest BCUT2D eigenvalue weighted by molar-refractivity contribution is 5.47. The monoisotopic (exact) mass is 232 g/mol. The molecule has 0 fully saturated rings. The normalized spacial score (nSPS) is 11.1. The molecule has 2 N–H and O–H groups in total. The van der Waals surface area contributed by atoms with Crippen molar-refractivity contribution in [3.8, 4) is 0 Å². The molecule has 2 aromatic heterocycles. The van der Waals surface area contributed by atoms with Gasteiger partial charge < -0.3 is 5.73 Å². The highest BCUT2D eigenvalue weighted by Gasteiger charge is 2.04. The van der Waals surface area contributed by atoms with Crippen molar-refractivity contribution >= 4 is 11.3 Å². The van der Waals surface area contributed by atoms with Gasteiger partial charge in [0.05, 0.1) is 0 Å². The summed E-state index contributed by atoms with van der Waals surface area (Å²) >= 11 is 0. The van der Waals surface area contributed by atoms with Crippen LogP contribution in [0.25, 0.3) is 5.65 Å². The number of hydrogen-bond donors (Lipinski definition) is 1. The molecule has 0 radical (unpaired) electrons. The SMILES string of the molecule is CCCCCCCc1nnc2ccc(N)cn12. The molecule has 17 heavy (non-hydrogen) atoms. The Balaban J connectivity index is 1.96. The van der Waals surface area contributed by atoms with Crippen LogP contribution in [0.1, 0.15) is 44.9 Å². The number of nitrogens with two attached hydrogens (primary N) is 1. The van der Waals surface area contributed by atoms with Crippen LogP contribution in [-0.2, 0) is 6.42 Å². The van der Waals surface area contributed by atoms with Crippen LogP contribution in [-0.4, -0.2) is 14.6 Å². The zero-order valence-electron chi connectivity index (χ0n) is 10.4. The molecule has 4 nitrogen and oxygen atoms in total. The Morgan fingerprint density at radius 1 is 1.12 bits per heavy atom. The van der Waals surface area contributed by atoms with Crippen LogP contribution in [0.5, 0.6) is 0 Å². The van der Waals surface area contributed by atoms with Crippen LogP contribution >= 0.6 is 0 Å². The number of nitrogens with zero attached hydrogens (tertiary/aromatic N) is 3. The molecule has 0 amide bonds. The largest absolute Gasteiger partial charge is 0.398 e. The Kier molecular flexibility index (Phi) is 3.96. The third-order valence-electron chi connectivity index (χ3n) is 3.00. The van der Waals surface area contributed by atoms with Crippen LogP contribution in [0.4, 0.5) is 5.69 Å². The molecule has 2 heterocycles. The topological polar surface area (TPSA) is 56.2 Å². The molecule has 4 heteroatoms. The Morgan fingerprint density at radius 2 is 1.94 bits per heavy atom. The zero-order chi connectivity index (χ0) is 12.1. The van der Waals surface area contributed by atoms with Crippen molar-refractivity contribution in [2.75, 3.05) is 5.73 Å². The minimum atomic E-state index is 0.754. The molecule has 0 aromatic carbocycles. The van der Waals surface area contributed by atoms with Crippen LogP contribution in [0.3, 0.4) is 0 Å². The second-order valence-corrected chi connectivity index (χ2v) is 4.47. The number of unbranched alkanes of at least 4 members (excludes halogenated alkanes) is 4. The molecule has 0 spiro atoms. The summed E-state index contributed by atoms with van der Waals surface area (Å²) in [5.41, 5.74) is 7.40. The maximum atomic E-state index is 5.77. The van der Waals surface area contributed by atoms with Gasteiger partial charge in [-0.3, -0.25) is 4.40 Å². The quantitative estimate of drug-likeness (QED) is 0.779. The van der Waals surface area contributed by atoms with Gasteiger partial charge in [-0.05, 0) is 18.6 Å². The van der Waals surface area contributed by atoms with Gasteiger partial charge in [0.15, 0.2) is 5.65 Å². The fourth-order valence-corrected chi connectivity index (χ4v) is 2.01. The van der Waals surface area contributed by atoms with Crippen molar-refractivity contribution in [1.29, 1.82) is 0 Å². The Morgan fingerprint density at radius 3 is 2.76 bits per heavy atom. The van der Waals surface area contributed by atoms with Crippen LogP contribution in [0.2, 0.25) is 0 Å². The van der Waals surface area contributed by atoms with Crippen molar-refractivity contribution in [3.05, 3.63) is 24.2 Å². The first-order valence-electron chi connectivity index (χ1n) is 6.40. The van der Waals surface area contributed by atoms with E-state index in [1.165, 1.54) is 32.1 Å². The molecule has 2 aromatic rings. The minimum Gasteiger partial charge on any atom is -0.398 e. The van der Waals surface area contributed by atoms with E-state index in [0.29, 0.717) is 0 Å². The second-order valence-electron chi connectivity index (χ2n) is 4.47. The number of aromatic nitrogens is 3. The van der Waals surface area contributed by atoms with Gasteiger partial charge in [-0.1, -0.05) is 32.6 Å². The third kappa shape index (κ3) is 2.96. The zero-order valence-corrected chi connectivity index (χ0v) is 10.4. The molecular weight excluding hydrogens is 212 g/mol. The van der Waals surface area contributed by atoms with Crippen molar-refractivity contribution in [1.82, 2.24) is 14.6 Å². The maximum absolute atomic E-state index is 5.77. The van der Waals surface area contributed by atoms with Gasteiger partial charge in [0.2, 0.25) is 0 Å². The van der Waals surface area contributed by atoms with E-state index in [2.05, 4.69) is 17.1 Å².